The van der Waals surface area contributed by atoms with Gasteiger partial charge in [0.25, 0.3) is 0 Å². The van der Waals surface area contributed by atoms with Crippen molar-refractivity contribution in [3.05, 3.63) is 47.8 Å². The fourth-order valence-electron chi connectivity index (χ4n) is 3.99. The van der Waals surface area contributed by atoms with E-state index in [1.807, 2.05) is 24.1 Å². The number of hydrogen-bond donors (Lipinski definition) is 0. The van der Waals surface area contributed by atoms with Crippen LogP contribution < -0.4 is 0 Å². The quantitative estimate of drug-likeness (QED) is 0.704. The van der Waals surface area contributed by atoms with Crippen LogP contribution in [0.25, 0.3) is 22.2 Å². The van der Waals surface area contributed by atoms with Crippen molar-refractivity contribution >= 4 is 16.9 Å². The fraction of sp³-hybridized carbons (Fsp3) is 0.409. The zero-order valence-electron chi connectivity index (χ0n) is 16.1. The molecule has 1 aliphatic rings. The van der Waals surface area contributed by atoms with Crippen molar-refractivity contribution < 1.29 is 4.79 Å². The number of aryl methyl sites for hydroxylation is 2. The Morgan fingerprint density at radius 3 is 2.59 bits per heavy atom. The van der Waals surface area contributed by atoms with Crippen molar-refractivity contribution in [2.45, 2.75) is 46.1 Å². The lowest BCUT2D eigenvalue weighted by molar-refractivity contribution is -0.131. The monoisotopic (exact) mass is 362 g/mol. The number of fused-ring (bicyclic) bond motifs is 1. The maximum absolute atomic E-state index is 12.8. The zero-order chi connectivity index (χ0) is 18.8. The van der Waals surface area contributed by atoms with Gasteiger partial charge in [0.1, 0.15) is 6.54 Å². The summed E-state index contributed by atoms with van der Waals surface area (Å²) in [4.78, 5) is 19.4. The van der Waals surface area contributed by atoms with Crippen molar-refractivity contribution in [3.63, 3.8) is 0 Å². The van der Waals surface area contributed by atoms with Crippen LogP contribution in [0.3, 0.4) is 0 Å². The number of amides is 1. The Labute approximate surface area is 160 Å². The van der Waals surface area contributed by atoms with E-state index in [9.17, 15) is 4.79 Å². The summed E-state index contributed by atoms with van der Waals surface area (Å²) < 4.78 is 1.77. The molecule has 140 valence electrons. The zero-order valence-corrected chi connectivity index (χ0v) is 16.1. The van der Waals surface area contributed by atoms with Crippen LogP contribution in [-0.4, -0.2) is 38.7 Å². The van der Waals surface area contributed by atoms with E-state index < -0.39 is 0 Å². The Balaban J connectivity index is 1.69. The van der Waals surface area contributed by atoms with E-state index in [4.69, 9.17) is 0 Å². The van der Waals surface area contributed by atoms with Crippen molar-refractivity contribution in [1.29, 1.82) is 0 Å². The molecule has 0 unspecified atom stereocenters. The molecule has 0 bridgehead atoms. The molecule has 0 N–H and O–H groups in total. The molecule has 0 saturated carbocycles. The Hall–Kier alpha value is -2.69. The molecule has 1 aromatic carbocycles. The number of benzene rings is 1. The summed E-state index contributed by atoms with van der Waals surface area (Å²) in [6.07, 6.45) is 6.44. The highest BCUT2D eigenvalue weighted by Crippen LogP contribution is 2.30. The third kappa shape index (κ3) is 3.59. The van der Waals surface area contributed by atoms with Gasteiger partial charge in [0, 0.05) is 24.7 Å². The molecule has 2 aromatic heterocycles. The molecule has 0 radical (unpaired) electrons. The van der Waals surface area contributed by atoms with Gasteiger partial charge in [-0.25, -0.2) is 9.67 Å². The molecule has 0 atom stereocenters. The number of carbonyl (C=O) groups is 1. The molecule has 3 heterocycles. The molecule has 1 saturated heterocycles. The molecular weight excluding hydrogens is 336 g/mol. The van der Waals surface area contributed by atoms with Gasteiger partial charge in [-0.15, -0.1) is 0 Å². The van der Waals surface area contributed by atoms with E-state index in [1.54, 1.807) is 4.68 Å². The van der Waals surface area contributed by atoms with Crippen LogP contribution in [0, 0.1) is 13.8 Å². The van der Waals surface area contributed by atoms with Gasteiger partial charge >= 0.3 is 0 Å². The van der Waals surface area contributed by atoms with Crippen molar-refractivity contribution in [1.82, 2.24) is 19.7 Å². The van der Waals surface area contributed by atoms with Crippen molar-refractivity contribution in [3.8, 4) is 11.1 Å². The van der Waals surface area contributed by atoms with Crippen LogP contribution in [0.1, 0.15) is 36.9 Å². The first kappa shape index (κ1) is 17.7. The predicted octanol–water partition coefficient (Wildman–Crippen LogP) is 4.12. The number of carbonyl (C=O) groups excluding carboxylic acids is 1. The molecule has 3 aromatic rings. The second kappa shape index (κ2) is 7.51. The normalized spacial score (nSPS) is 15.1. The molecule has 5 heteroatoms. The van der Waals surface area contributed by atoms with Crippen LogP contribution in [0.2, 0.25) is 0 Å². The van der Waals surface area contributed by atoms with Gasteiger partial charge in [-0.05, 0) is 43.9 Å². The number of rotatable bonds is 3. The van der Waals surface area contributed by atoms with Gasteiger partial charge in [0.05, 0.1) is 5.69 Å². The van der Waals surface area contributed by atoms with Crippen molar-refractivity contribution in [2.75, 3.05) is 13.1 Å². The van der Waals surface area contributed by atoms with Crippen LogP contribution in [0.5, 0.6) is 0 Å². The molecule has 27 heavy (non-hydrogen) atoms. The lowest BCUT2D eigenvalue weighted by Crippen LogP contribution is -2.34. The first-order valence-corrected chi connectivity index (χ1v) is 9.80. The average Bonchev–Trinajstić information content (AvgIpc) is 2.86. The summed E-state index contributed by atoms with van der Waals surface area (Å²) in [5.74, 6) is 0.143. The lowest BCUT2D eigenvalue weighted by atomic mass is 10.0. The third-order valence-electron chi connectivity index (χ3n) is 5.38. The second-order valence-electron chi connectivity index (χ2n) is 7.46. The number of pyridine rings is 1. The molecule has 1 fully saturated rings. The predicted molar refractivity (Wildman–Crippen MR) is 107 cm³/mol. The van der Waals surface area contributed by atoms with E-state index in [-0.39, 0.29) is 12.5 Å². The minimum absolute atomic E-state index is 0.143. The molecule has 1 amide bonds. The van der Waals surface area contributed by atoms with Crippen LogP contribution >= 0.6 is 0 Å². The summed E-state index contributed by atoms with van der Waals surface area (Å²) in [5, 5.41) is 5.70. The average molecular weight is 362 g/mol. The van der Waals surface area contributed by atoms with E-state index in [1.165, 1.54) is 18.4 Å². The number of aromatic nitrogens is 3. The summed E-state index contributed by atoms with van der Waals surface area (Å²) in [6.45, 7) is 6.07. The van der Waals surface area contributed by atoms with Crippen LogP contribution in [0.4, 0.5) is 0 Å². The minimum atomic E-state index is 0.143. The second-order valence-corrected chi connectivity index (χ2v) is 7.46. The molecule has 1 aliphatic heterocycles. The maximum atomic E-state index is 12.8. The largest absolute Gasteiger partial charge is 0.341 e. The van der Waals surface area contributed by atoms with Gasteiger partial charge in [0.15, 0.2) is 5.65 Å². The van der Waals surface area contributed by atoms with E-state index >= 15 is 0 Å². The summed E-state index contributed by atoms with van der Waals surface area (Å²) in [5.41, 5.74) is 5.20. The molecule has 0 aliphatic carbocycles. The summed E-state index contributed by atoms with van der Waals surface area (Å²) >= 11 is 0. The SMILES string of the molecule is Cc1cccc(-c2ccnc3c2c(C)nn3CC(=O)N2CCCCCC2)c1. The van der Waals surface area contributed by atoms with E-state index in [2.05, 4.69) is 41.3 Å². The smallest absolute Gasteiger partial charge is 0.244 e. The standard InChI is InChI=1S/C22H26N4O/c1-16-8-7-9-18(14-16)19-10-11-23-22-21(19)17(2)24-26(22)15-20(27)25-12-5-3-4-6-13-25/h7-11,14H,3-6,12-13,15H2,1-2H3. The molecule has 5 nitrogen and oxygen atoms in total. The third-order valence-corrected chi connectivity index (χ3v) is 5.38. The van der Waals surface area contributed by atoms with E-state index in [0.29, 0.717) is 0 Å². The lowest BCUT2D eigenvalue weighted by Gasteiger charge is -2.20. The highest BCUT2D eigenvalue weighted by Gasteiger charge is 2.20. The van der Waals surface area contributed by atoms with E-state index in [0.717, 1.165) is 53.8 Å². The Kier molecular flexibility index (Phi) is 4.92. The van der Waals surface area contributed by atoms with Crippen molar-refractivity contribution in [2.24, 2.45) is 0 Å². The first-order chi connectivity index (χ1) is 13.1. The highest BCUT2D eigenvalue weighted by atomic mass is 16.2. The molecule has 4 rings (SSSR count). The molecule has 0 spiro atoms. The maximum Gasteiger partial charge on any atom is 0.244 e. The Bertz CT molecular complexity index is 968. The number of nitrogens with zero attached hydrogens (tertiary/aromatic N) is 4. The van der Waals surface area contributed by atoms with Crippen LogP contribution in [-0.2, 0) is 11.3 Å². The van der Waals surface area contributed by atoms with Gasteiger partial charge in [-0.3, -0.25) is 4.79 Å². The number of likely N-dealkylation sites (tertiary alicyclic amines) is 1. The topological polar surface area (TPSA) is 51.0 Å². The Morgan fingerprint density at radius 2 is 1.85 bits per heavy atom. The molecular formula is C22H26N4O. The minimum Gasteiger partial charge on any atom is -0.341 e. The van der Waals surface area contributed by atoms with Gasteiger partial charge in [-0.2, -0.15) is 5.10 Å². The van der Waals surface area contributed by atoms with Crippen LogP contribution in [0.15, 0.2) is 36.5 Å². The van der Waals surface area contributed by atoms with Gasteiger partial charge < -0.3 is 4.90 Å². The first-order valence-electron chi connectivity index (χ1n) is 9.80. The summed E-state index contributed by atoms with van der Waals surface area (Å²) in [6, 6.07) is 10.5. The highest BCUT2D eigenvalue weighted by molar-refractivity contribution is 5.95. The van der Waals surface area contributed by atoms with Gasteiger partial charge in [-0.1, -0.05) is 42.7 Å². The number of hydrogen-bond acceptors (Lipinski definition) is 3. The van der Waals surface area contributed by atoms with Gasteiger partial charge in [0.2, 0.25) is 5.91 Å². The fourth-order valence-corrected chi connectivity index (χ4v) is 3.99. The Morgan fingerprint density at radius 1 is 1.07 bits per heavy atom. The summed E-state index contributed by atoms with van der Waals surface area (Å²) in [7, 11) is 0.